The van der Waals surface area contributed by atoms with Crippen molar-refractivity contribution in [3.05, 3.63) is 47.1 Å². The lowest BCUT2D eigenvalue weighted by Crippen LogP contribution is -2.44. The number of aromatic nitrogens is 3. The zero-order valence-corrected chi connectivity index (χ0v) is 24.3. The second kappa shape index (κ2) is 11.1. The van der Waals surface area contributed by atoms with Crippen LogP contribution in [0.2, 0.25) is 0 Å². The summed E-state index contributed by atoms with van der Waals surface area (Å²) in [6.45, 7) is 1.27. The molecule has 0 aliphatic heterocycles. The minimum atomic E-state index is -4.66. The number of hydrogen-bond acceptors (Lipinski definition) is 6. The number of benzene rings is 1. The Hall–Kier alpha value is -3.55. The first kappa shape index (κ1) is 30.5. The topological polar surface area (TPSA) is 122 Å². The number of rotatable bonds is 12. The zero-order valence-electron chi connectivity index (χ0n) is 24.3. The molecule has 3 fully saturated rings. The summed E-state index contributed by atoms with van der Waals surface area (Å²) in [4.78, 5) is 33.6. The summed E-state index contributed by atoms with van der Waals surface area (Å²) in [5, 5.41) is 9.54. The van der Waals surface area contributed by atoms with Crippen LogP contribution in [0.1, 0.15) is 104 Å². The Bertz CT molecular complexity index is 1530. The molecule has 3 saturated carbocycles. The smallest absolute Gasteiger partial charge is 0.364 e. The number of nitrogens with zero attached hydrogens (tertiary/aromatic N) is 2. The molecule has 2 atom stereocenters. The molecule has 1 aromatic carbocycles. The van der Waals surface area contributed by atoms with Crippen LogP contribution in [-0.2, 0) is 9.53 Å². The van der Waals surface area contributed by atoms with Gasteiger partial charge in [0, 0.05) is 24.8 Å². The molecule has 3 aliphatic rings. The van der Waals surface area contributed by atoms with Gasteiger partial charge in [-0.2, -0.15) is 13.2 Å². The molecule has 9 nitrogen and oxygen atoms in total. The first-order valence-corrected chi connectivity index (χ1v) is 14.8. The summed E-state index contributed by atoms with van der Waals surface area (Å²) >= 11 is 0. The number of imidazole rings is 1. The number of amides is 2. The minimum Gasteiger partial charge on any atom is -0.364 e. The van der Waals surface area contributed by atoms with Gasteiger partial charge >= 0.3 is 6.18 Å². The lowest BCUT2D eigenvalue weighted by Gasteiger charge is -2.34. The largest absolute Gasteiger partial charge is 0.416 e. The van der Waals surface area contributed by atoms with E-state index in [9.17, 15) is 31.5 Å². The van der Waals surface area contributed by atoms with Gasteiger partial charge in [0.1, 0.15) is 18.1 Å². The highest BCUT2D eigenvalue weighted by molar-refractivity contribution is 5.94. The predicted octanol–water partition coefficient (Wildman–Crippen LogP) is 6.26. The van der Waals surface area contributed by atoms with Gasteiger partial charge in [-0.05, 0) is 75.0 Å². The molecule has 3 aromatic rings. The number of fused-ring (bicyclic) bond motifs is 1. The highest BCUT2D eigenvalue weighted by Gasteiger charge is 2.49. The van der Waals surface area contributed by atoms with E-state index in [0.717, 1.165) is 45.1 Å². The molecule has 0 unspecified atom stereocenters. The minimum absolute atomic E-state index is 0.0389. The molecule has 3 N–H and O–H groups in total. The van der Waals surface area contributed by atoms with E-state index in [-0.39, 0.29) is 60.5 Å². The Morgan fingerprint density at radius 3 is 2.50 bits per heavy atom. The fourth-order valence-corrected chi connectivity index (χ4v) is 5.62. The number of carbonyl (C=O) groups is 2. The van der Waals surface area contributed by atoms with Gasteiger partial charge in [0.05, 0.1) is 23.7 Å². The number of carbonyl (C=O) groups excluding carboxylic acids is 2. The second-order valence-corrected chi connectivity index (χ2v) is 12.9. The van der Waals surface area contributed by atoms with Gasteiger partial charge < -0.3 is 24.9 Å². The Morgan fingerprint density at radius 1 is 1.14 bits per heavy atom. The molecule has 2 heterocycles. The van der Waals surface area contributed by atoms with Gasteiger partial charge in [-0.3, -0.25) is 9.59 Å². The van der Waals surface area contributed by atoms with E-state index in [1.54, 1.807) is 12.1 Å². The van der Waals surface area contributed by atoms with Gasteiger partial charge in [-0.25, -0.2) is 13.8 Å². The SMILES string of the molecule is CC(C)(OC[C@H](NC(=O)c1nocc1C1CC1)c1nc2cc([C@H](NC(=O)CC3CC(F)(F)C3)C3CC3)ccc2[nH]1)C(F)(F)F. The summed E-state index contributed by atoms with van der Waals surface area (Å²) in [5.74, 6) is -3.40. The van der Waals surface area contributed by atoms with Gasteiger partial charge in [-0.1, -0.05) is 11.2 Å². The third-order valence-electron chi connectivity index (χ3n) is 8.70. The van der Waals surface area contributed by atoms with Crippen LogP contribution in [0.4, 0.5) is 22.0 Å². The van der Waals surface area contributed by atoms with Gasteiger partial charge in [-0.15, -0.1) is 0 Å². The molecule has 0 bridgehead atoms. The average Bonchev–Trinajstić information content (AvgIpc) is 3.86. The normalized spacial score (nSPS) is 20.2. The lowest BCUT2D eigenvalue weighted by atomic mass is 9.79. The highest BCUT2D eigenvalue weighted by atomic mass is 19.4. The summed E-state index contributed by atoms with van der Waals surface area (Å²) in [6, 6.07) is 3.92. The van der Waals surface area contributed by atoms with Crippen molar-refractivity contribution in [1.29, 1.82) is 0 Å². The van der Waals surface area contributed by atoms with Gasteiger partial charge in [0.2, 0.25) is 11.8 Å². The van der Waals surface area contributed by atoms with Crippen molar-refractivity contribution in [3.63, 3.8) is 0 Å². The molecule has 2 aromatic heterocycles. The van der Waals surface area contributed by atoms with Crippen molar-refractivity contribution < 1.29 is 40.8 Å². The zero-order chi connectivity index (χ0) is 31.4. The number of halogens is 5. The monoisotopic (exact) mass is 623 g/mol. The molecule has 2 amide bonds. The van der Waals surface area contributed by atoms with E-state index in [2.05, 4.69) is 25.8 Å². The van der Waals surface area contributed by atoms with E-state index in [1.807, 2.05) is 6.07 Å². The molecule has 44 heavy (non-hydrogen) atoms. The number of hydrogen-bond donors (Lipinski definition) is 3. The molecule has 3 aliphatic carbocycles. The van der Waals surface area contributed by atoms with Crippen LogP contribution in [0.15, 0.2) is 29.0 Å². The summed E-state index contributed by atoms with van der Waals surface area (Å²) in [5.41, 5.74) is 0.0388. The molecule has 6 rings (SSSR count). The van der Waals surface area contributed by atoms with Crippen molar-refractivity contribution in [2.45, 2.75) is 94.5 Å². The van der Waals surface area contributed by atoms with Crippen molar-refractivity contribution in [2.24, 2.45) is 11.8 Å². The van der Waals surface area contributed by atoms with Gasteiger partial charge in [0.15, 0.2) is 11.3 Å². The Morgan fingerprint density at radius 2 is 1.86 bits per heavy atom. The number of nitrogens with one attached hydrogen (secondary N) is 3. The van der Waals surface area contributed by atoms with Crippen LogP contribution >= 0.6 is 0 Å². The first-order valence-electron chi connectivity index (χ1n) is 14.8. The van der Waals surface area contributed by atoms with E-state index in [1.165, 1.54) is 6.26 Å². The maximum atomic E-state index is 13.6. The van der Waals surface area contributed by atoms with Crippen LogP contribution in [0.25, 0.3) is 11.0 Å². The van der Waals surface area contributed by atoms with E-state index in [4.69, 9.17) is 9.26 Å². The number of alkyl halides is 5. The molecule has 0 spiro atoms. The van der Waals surface area contributed by atoms with E-state index in [0.29, 0.717) is 16.6 Å². The average molecular weight is 624 g/mol. The van der Waals surface area contributed by atoms with Crippen LogP contribution in [0.3, 0.4) is 0 Å². The maximum Gasteiger partial charge on any atom is 0.416 e. The number of H-pyrrole nitrogens is 1. The molecule has 0 saturated heterocycles. The summed E-state index contributed by atoms with van der Waals surface area (Å²) in [7, 11) is 0. The van der Waals surface area contributed by atoms with Crippen molar-refractivity contribution in [3.8, 4) is 0 Å². The molecule has 14 heteroatoms. The molecule has 238 valence electrons. The van der Waals surface area contributed by atoms with Crippen LogP contribution in [0.5, 0.6) is 0 Å². The fourth-order valence-electron chi connectivity index (χ4n) is 5.62. The quantitative estimate of drug-likeness (QED) is 0.205. The van der Waals surface area contributed by atoms with E-state index >= 15 is 0 Å². The highest BCUT2D eigenvalue weighted by Crippen LogP contribution is 2.45. The van der Waals surface area contributed by atoms with Crippen LogP contribution in [-0.4, -0.2) is 51.2 Å². The third-order valence-corrected chi connectivity index (χ3v) is 8.70. The maximum absolute atomic E-state index is 13.6. The standard InChI is InChI=1S/C30H34F5N5O4/c1-28(2,30(33,34)35)43-14-22(38-27(42)25-19(13-44-40-25)16-3-4-16)26-36-20-8-7-18(10-21(20)37-26)24(17-5-6-17)39-23(41)9-15-11-29(31,32)12-15/h7-8,10,13,15-17,22,24H,3-6,9,11-12,14H2,1-2H3,(H,36,37)(H,38,42)(H,39,41)/t22-,24+/m0/s1. The van der Waals surface area contributed by atoms with Crippen molar-refractivity contribution in [1.82, 2.24) is 25.8 Å². The molecular weight excluding hydrogens is 589 g/mol. The molecule has 0 radical (unpaired) electrons. The van der Waals surface area contributed by atoms with Crippen LogP contribution in [0, 0.1) is 11.8 Å². The number of aromatic amines is 1. The first-order chi connectivity index (χ1) is 20.7. The Balaban J connectivity index is 1.22. The van der Waals surface area contributed by atoms with Crippen molar-refractivity contribution >= 4 is 22.8 Å². The van der Waals surface area contributed by atoms with Gasteiger partial charge in [0.25, 0.3) is 5.91 Å². The Labute approximate surface area is 249 Å². The van der Waals surface area contributed by atoms with Crippen molar-refractivity contribution in [2.75, 3.05) is 6.61 Å². The van der Waals surface area contributed by atoms with Crippen LogP contribution < -0.4 is 10.6 Å². The third kappa shape index (κ3) is 6.59. The lowest BCUT2D eigenvalue weighted by molar-refractivity contribution is -0.265. The molecular formula is C30H34F5N5O4. The fraction of sp³-hybridized carbons (Fsp3) is 0.600. The number of ether oxygens (including phenoxy) is 1. The Kier molecular flexibility index (Phi) is 7.70. The van der Waals surface area contributed by atoms with E-state index < -0.39 is 36.3 Å². The second-order valence-electron chi connectivity index (χ2n) is 12.9. The summed E-state index contributed by atoms with van der Waals surface area (Å²) in [6.07, 6.45) is -0.188. The summed E-state index contributed by atoms with van der Waals surface area (Å²) < 4.78 is 77.5. The predicted molar refractivity (Wildman–Crippen MR) is 147 cm³/mol.